The molecule has 0 heterocycles. The Morgan fingerprint density at radius 1 is 0.935 bits per heavy atom. The van der Waals surface area contributed by atoms with Crippen LogP contribution < -0.4 is 0 Å². The summed E-state index contributed by atoms with van der Waals surface area (Å²) in [5.41, 5.74) is 5.36. The van der Waals surface area contributed by atoms with Crippen molar-refractivity contribution in [3.05, 3.63) is 107 Å². The van der Waals surface area contributed by atoms with Crippen LogP contribution in [-0.2, 0) is 20.7 Å². The van der Waals surface area contributed by atoms with Crippen molar-refractivity contribution >= 4 is 29.2 Å². The number of ketones is 1. The van der Waals surface area contributed by atoms with Crippen LogP contribution in [0.5, 0.6) is 0 Å². The van der Waals surface area contributed by atoms with Gasteiger partial charge in [-0.05, 0) is 30.2 Å². The van der Waals surface area contributed by atoms with E-state index in [1.54, 1.807) is 0 Å². The van der Waals surface area contributed by atoms with Crippen molar-refractivity contribution in [1.29, 1.82) is 0 Å². The van der Waals surface area contributed by atoms with E-state index in [4.69, 9.17) is 4.99 Å². The molecule has 0 aromatic heterocycles. The number of hydrogen-bond donors (Lipinski definition) is 0. The summed E-state index contributed by atoms with van der Waals surface area (Å²) in [6.07, 6.45) is 3.87. The number of hydrogen-bond acceptors (Lipinski definition) is 4. The Balaban J connectivity index is 1.98. The Morgan fingerprint density at radius 2 is 1.61 bits per heavy atom. The molecule has 0 spiro atoms. The molecule has 4 nitrogen and oxygen atoms in total. The Bertz CT molecular complexity index is 1100. The lowest BCUT2D eigenvalue weighted by Crippen LogP contribution is -2.11. The van der Waals surface area contributed by atoms with Crippen LogP contribution in [0.15, 0.2) is 89.9 Å². The zero-order chi connectivity index (χ0) is 22.1. The van der Waals surface area contributed by atoms with E-state index >= 15 is 0 Å². The fourth-order valence-electron chi connectivity index (χ4n) is 3.15. The molecular formula is C27H25NO3. The molecule has 31 heavy (non-hydrogen) atoms. The van der Waals surface area contributed by atoms with E-state index in [0.717, 1.165) is 28.0 Å². The van der Waals surface area contributed by atoms with Crippen LogP contribution in [0.25, 0.3) is 6.08 Å². The van der Waals surface area contributed by atoms with Crippen LogP contribution in [0.1, 0.15) is 28.7 Å². The molecule has 0 saturated heterocycles. The Hall–Kier alpha value is -3.79. The molecule has 0 radical (unpaired) electrons. The number of methoxy groups -OCH3 is 1. The molecule has 4 heteroatoms. The number of benzene rings is 3. The SMILES string of the molecule is COC(=O)CC(=O)Cc1cc(C)ccc1N=C(/C=C/c1ccccc1)c1ccccc1. The molecule has 0 aliphatic heterocycles. The highest BCUT2D eigenvalue weighted by molar-refractivity contribution is 6.12. The number of ether oxygens (including phenoxy) is 1. The second kappa shape index (κ2) is 10.8. The number of carbonyl (C=O) groups excluding carboxylic acids is 2. The van der Waals surface area contributed by atoms with Crippen molar-refractivity contribution in [1.82, 2.24) is 0 Å². The lowest BCUT2D eigenvalue weighted by Gasteiger charge is -2.09. The van der Waals surface area contributed by atoms with Gasteiger partial charge in [0.25, 0.3) is 0 Å². The Labute approximate surface area is 182 Å². The van der Waals surface area contributed by atoms with Crippen molar-refractivity contribution in [3.8, 4) is 0 Å². The average Bonchev–Trinajstić information content (AvgIpc) is 2.79. The molecule has 0 saturated carbocycles. The first-order chi connectivity index (χ1) is 15.0. The molecule has 0 atom stereocenters. The predicted octanol–water partition coefficient (Wildman–Crippen LogP) is 5.50. The quantitative estimate of drug-likeness (QED) is 0.279. The number of carbonyl (C=O) groups is 2. The molecule has 3 aromatic carbocycles. The monoisotopic (exact) mass is 411 g/mol. The van der Waals surface area contributed by atoms with Crippen molar-refractivity contribution in [2.75, 3.05) is 7.11 Å². The topological polar surface area (TPSA) is 55.7 Å². The number of aryl methyl sites for hydroxylation is 1. The second-order valence-corrected chi connectivity index (χ2v) is 7.21. The van der Waals surface area contributed by atoms with Gasteiger partial charge in [-0.3, -0.25) is 9.59 Å². The fraction of sp³-hybridized carbons (Fsp3) is 0.148. The van der Waals surface area contributed by atoms with Gasteiger partial charge in [0.05, 0.1) is 18.5 Å². The summed E-state index contributed by atoms with van der Waals surface area (Å²) in [6, 6.07) is 25.8. The van der Waals surface area contributed by atoms with Crippen LogP contribution >= 0.6 is 0 Å². The number of allylic oxidation sites excluding steroid dienone is 1. The molecular weight excluding hydrogens is 386 g/mol. The maximum atomic E-state index is 12.3. The summed E-state index contributed by atoms with van der Waals surface area (Å²) in [6.45, 7) is 1.97. The predicted molar refractivity (Wildman–Crippen MR) is 125 cm³/mol. The highest BCUT2D eigenvalue weighted by Crippen LogP contribution is 2.24. The number of Topliss-reactive ketones (excluding diaryl/α,β-unsaturated/α-hetero) is 1. The fourth-order valence-corrected chi connectivity index (χ4v) is 3.15. The highest BCUT2D eigenvalue weighted by atomic mass is 16.5. The largest absolute Gasteiger partial charge is 0.469 e. The van der Waals surface area contributed by atoms with Gasteiger partial charge in [0.15, 0.2) is 0 Å². The van der Waals surface area contributed by atoms with Gasteiger partial charge in [-0.2, -0.15) is 0 Å². The first kappa shape index (κ1) is 21.9. The summed E-state index contributed by atoms with van der Waals surface area (Å²) in [4.78, 5) is 28.7. The van der Waals surface area contributed by atoms with Gasteiger partial charge >= 0.3 is 5.97 Å². The lowest BCUT2D eigenvalue weighted by molar-refractivity contribution is -0.143. The van der Waals surface area contributed by atoms with Gasteiger partial charge in [0, 0.05) is 12.0 Å². The van der Waals surface area contributed by atoms with Gasteiger partial charge in [-0.25, -0.2) is 4.99 Å². The van der Waals surface area contributed by atoms with Crippen LogP contribution in [0.3, 0.4) is 0 Å². The average molecular weight is 412 g/mol. The van der Waals surface area contributed by atoms with Gasteiger partial charge < -0.3 is 4.74 Å². The number of esters is 1. The van der Waals surface area contributed by atoms with E-state index in [2.05, 4.69) is 4.74 Å². The number of rotatable bonds is 8. The van der Waals surface area contributed by atoms with E-state index < -0.39 is 5.97 Å². The van der Waals surface area contributed by atoms with E-state index in [9.17, 15) is 9.59 Å². The molecule has 0 amide bonds. The maximum absolute atomic E-state index is 12.3. The van der Waals surface area contributed by atoms with Gasteiger partial charge in [0.2, 0.25) is 0 Å². The summed E-state index contributed by atoms with van der Waals surface area (Å²) >= 11 is 0. The van der Waals surface area contributed by atoms with Crippen LogP contribution in [0.2, 0.25) is 0 Å². The Morgan fingerprint density at radius 3 is 2.29 bits per heavy atom. The van der Waals surface area contributed by atoms with E-state index in [0.29, 0.717) is 5.69 Å². The lowest BCUT2D eigenvalue weighted by atomic mass is 10.0. The summed E-state index contributed by atoms with van der Waals surface area (Å²) < 4.78 is 4.61. The highest BCUT2D eigenvalue weighted by Gasteiger charge is 2.13. The maximum Gasteiger partial charge on any atom is 0.313 e. The number of nitrogens with zero attached hydrogens (tertiary/aromatic N) is 1. The van der Waals surface area contributed by atoms with Gasteiger partial charge in [-0.15, -0.1) is 0 Å². The van der Waals surface area contributed by atoms with E-state index in [-0.39, 0.29) is 18.6 Å². The van der Waals surface area contributed by atoms with E-state index in [1.165, 1.54) is 7.11 Å². The van der Waals surface area contributed by atoms with E-state index in [1.807, 2.05) is 97.9 Å². The van der Waals surface area contributed by atoms with Gasteiger partial charge in [-0.1, -0.05) is 84.4 Å². The molecule has 3 rings (SSSR count). The molecule has 3 aromatic rings. The normalized spacial score (nSPS) is 11.5. The molecule has 0 unspecified atom stereocenters. The third kappa shape index (κ3) is 6.61. The van der Waals surface area contributed by atoms with Crippen LogP contribution in [0.4, 0.5) is 5.69 Å². The first-order valence-electron chi connectivity index (χ1n) is 10.1. The standard InChI is InChI=1S/C27H25NO3/c1-20-13-15-26(23(17-20)18-24(29)19-27(30)31-2)28-25(22-11-7-4-8-12-22)16-14-21-9-5-3-6-10-21/h3-17H,18-19H2,1-2H3/b16-14+,28-25?. The van der Waals surface area contributed by atoms with Crippen molar-refractivity contribution in [2.24, 2.45) is 4.99 Å². The van der Waals surface area contributed by atoms with Crippen molar-refractivity contribution in [3.63, 3.8) is 0 Å². The molecule has 0 fully saturated rings. The van der Waals surface area contributed by atoms with Crippen LogP contribution in [-0.4, -0.2) is 24.6 Å². The third-order valence-electron chi connectivity index (χ3n) is 4.74. The number of aliphatic imine (C=N–C) groups is 1. The summed E-state index contributed by atoms with van der Waals surface area (Å²) in [7, 11) is 1.28. The van der Waals surface area contributed by atoms with Crippen molar-refractivity contribution < 1.29 is 14.3 Å². The van der Waals surface area contributed by atoms with Gasteiger partial charge in [0.1, 0.15) is 12.2 Å². The Kier molecular flexibility index (Phi) is 7.66. The minimum atomic E-state index is -0.529. The summed E-state index contributed by atoms with van der Waals surface area (Å²) in [5.74, 6) is -0.728. The molecule has 0 bridgehead atoms. The van der Waals surface area contributed by atoms with Crippen molar-refractivity contribution in [2.45, 2.75) is 19.8 Å². The zero-order valence-electron chi connectivity index (χ0n) is 17.7. The smallest absolute Gasteiger partial charge is 0.313 e. The summed E-state index contributed by atoms with van der Waals surface area (Å²) in [5, 5.41) is 0. The molecule has 156 valence electrons. The molecule has 0 aliphatic carbocycles. The third-order valence-corrected chi connectivity index (χ3v) is 4.74. The molecule has 0 N–H and O–H groups in total. The molecule has 0 aliphatic rings. The first-order valence-corrected chi connectivity index (χ1v) is 10.1. The zero-order valence-corrected chi connectivity index (χ0v) is 17.7. The second-order valence-electron chi connectivity index (χ2n) is 7.21. The van der Waals surface area contributed by atoms with Crippen LogP contribution in [0, 0.1) is 6.92 Å². The minimum Gasteiger partial charge on any atom is -0.469 e. The minimum absolute atomic E-state index is 0.125.